The van der Waals surface area contributed by atoms with Gasteiger partial charge in [0.2, 0.25) is 15.9 Å². The Bertz CT molecular complexity index is 647. The number of hydrogen-bond donors (Lipinski definition) is 3. The van der Waals surface area contributed by atoms with Crippen LogP contribution in [0.2, 0.25) is 0 Å². The molecule has 0 saturated carbocycles. The van der Waals surface area contributed by atoms with Gasteiger partial charge in [-0.25, -0.2) is 13.1 Å². The van der Waals surface area contributed by atoms with Crippen LogP contribution in [0.15, 0.2) is 23.1 Å². The van der Waals surface area contributed by atoms with Crippen LogP contribution >= 0.6 is 0 Å². The minimum atomic E-state index is -3.57. The lowest BCUT2D eigenvalue weighted by Gasteiger charge is -2.13. The fraction of sp³-hybridized carbons (Fsp3) is 0.308. The number of amides is 1. The first-order chi connectivity index (χ1) is 9.31. The van der Waals surface area contributed by atoms with Gasteiger partial charge < -0.3 is 11.1 Å². The average Bonchev–Trinajstić information content (AvgIpc) is 2.41. The highest BCUT2D eigenvalue weighted by molar-refractivity contribution is 7.89. The van der Waals surface area contributed by atoms with E-state index in [0.717, 1.165) is 5.56 Å². The molecule has 0 aliphatic heterocycles. The maximum atomic E-state index is 11.8. The number of nitrogens with one attached hydrogen (secondary N) is 2. The molecule has 0 aliphatic carbocycles. The molecule has 20 heavy (non-hydrogen) atoms. The predicted octanol–water partition coefficient (Wildman–Crippen LogP) is 0.192. The molecule has 0 spiro atoms. The molecule has 1 aromatic rings. The van der Waals surface area contributed by atoms with Gasteiger partial charge in [0.15, 0.2) is 0 Å². The third-order valence-corrected chi connectivity index (χ3v) is 4.13. The smallest absolute Gasteiger partial charge is 0.242 e. The molecule has 1 amide bonds. The van der Waals surface area contributed by atoms with Gasteiger partial charge in [-0.2, -0.15) is 0 Å². The van der Waals surface area contributed by atoms with Crippen molar-refractivity contribution in [2.45, 2.75) is 24.3 Å². The number of terminal acetylenes is 1. The molecule has 1 atom stereocenters. The van der Waals surface area contributed by atoms with E-state index in [9.17, 15) is 13.2 Å². The number of carbonyl (C=O) groups excluding carboxylic acids is 1. The standard InChI is InChI=1S/C13H17N3O3S/c1-4-5-11(14)13(17)16-12-8-10(7-6-9(12)2)20(18,19)15-3/h1,6-8,11,15H,5,14H2,2-3H3,(H,16,17). The van der Waals surface area contributed by atoms with Crippen LogP contribution in [-0.4, -0.2) is 27.4 Å². The van der Waals surface area contributed by atoms with Crippen LogP contribution in [0.1, 0.15) is 12.0 Å². The van der Waals surface area contributed by atoms with Crippen molar-refractivity contribution in [1.29, 1.82) is 0 Å². The van der Waals surface area contributed by atoms with Crippen molar-refractivity contribution in [3.8, 4) is 12.3 Å². The fourth-order valence-corrected chi connectivity index (χ4v) is 2.22. The zero-order valence-corrected chi connectivity index (χ0v) is 12.1. The van der Waals surface area contributed by atoms with Gasteiger partial charge in [0, 0.05) is 12.1 Å². The summed E-state index contributed by atoms with van der Waals surface area (Å²) in [7, 11) is -2.25. The van der Waals surface area contributed by atoms with Crippen LogP contribution in [0, 0.1) is 19.3 Å². The zero-order chi connectivity index (χ0) is 15.3. The second-order valence-corrected chi connectivity index (χ2v) is 6.07. The SMILES string of the molecule is C#CCC(N)C(=O)Nc1cc(S(=O)(=O)NC)ccc1C. The molecule has 1 rings (SSSR count). The van der Waals surface area contributed by atoms with Gasteiger partial charge >= 0.3 is 0 Å². The molecular weight excluding hydrogens is 278 g/mol. The van der Waals surface area contributed by atoms with E-state index in [1.807, 2.05) is 0 Å². The summed E-state index contributed by atoms with van der Waals surface area (Å²) >= 11 is 0. The summed E-state index contributed by atoms with van der Waals surface area (Å²) < 4.78 is 25.6. The lowest BCUT2D eigenvalue weighted by Crippen LogP contribution is -2.35. The summed E-state index contributed by atoms with van der Waals surface area (Å²) in [5, 5.41) is 2.58. The largest absolute Gasteiger partial charge is 0.324 e. The molecule has 0 heterocycles. The van der Waals surface area contributed by atoms with Crippen molar-refractivity contribution in [2.75, 3.05) is 12.4 Å². The average molecular weight is 295 g/mol. The van der Waals surface area contributed by atoms with Crippen LogP contribution in [0.3, 0.4) is 0 Å². The van der Waals surface area contributed by atoms with Gasteiger partial charge in [-0.15, -0.1) is 12.3 Å². The zero-order valence-electron chi connectivity index (χ0n) is 11.3. The van der Waals surface area contributed by atoms with Crippen LogP contribution in [-0.2, 0) is 14.8 Å². The van der Waals surface area contributed by atoms with E-state index in [4.69, 9.17) is 12.2 Å². The second-order valence-electron chi connectivity index (χ2n) is 4.19. The van der Waals surface area contributed by atoms with Gasteiger partial charge in [-0.05, 0) is 31.7 Å². The van der Waals surface area contributed by atoms with E-state index in [1.54, 1.807) is 13.0 Å². The molecule has 108 valence electrons. The van der Waals surface area contributed by atoms with Crippen LogP contribution in [0.25, 0.3) is 0 Å². The van der Waals surface area contributed by atoms with Gasteiger partial charge in [-0.3, -0.25) is 4.79 Å². The predicted molar refractivity (Wildman–Crippen MR) is 77.5 cm³/mol. The minimum Gasteiger partial charge on any atom is -0.324 e. The van der Waals surface area contributed by atoms with Crippen molar-refractivity contribution in [3.05, 3.63) is 23.8 Å². The summed E-state index contributed by atoms with van der Waals surface area (Å²) in [6, 6.07) is 3.61. The summed E-state index contributed by atoms with van der Waals surface area (Å²) in [6.45, 7) is 1.75. The number of aryl methyl sites for hydroxylation is 1. The first-order valence-electron chi connectivity index (χ1n) is 5.86. The Morgan fingerprint density at radius 3 is 2.70 bits per heavy atom. The second kappa shape index (κ2) is 6.52. The summed E-state index contributed by atoms with van der Waals surface area (Å²) in [5.41, 5.74) is 6.70. The molecule has 7 heteroatoms. The number of carbonyl (C=O) groups is 1. The van der Waals surface area contributed by atoms with Crippen LogP contribution in [0.4, 0.5) is 5.69 Å². The van der Waals surface area contributed by atoms with Crippen molar-refractivity contribution in [1.82, 2.24) is 4.72 Å². The van der Waals surface area contributed by atoms with Gasteiger partial charge in [-0.1, -0.05) is 6.07 Å². The highest BCUT2D eigenvalue weighted by Crippen LogP contribution is 2.20. The lowest BCUT2D eigenvalue weighted by atomic mass is 10.1. The number of nitrogens with two attached hydrogens (primary N) is 1. The number of anilines is 1. The first-order valence-corrected chi connectivity index (χ1v) is 7.34. The van der Waals surface area contributed by atoms with Crippen LogP contribution in [0.5, 0.6) is 0 Å². The topological polar surface area (TPSA) is 101 Å². The van der Waals surface area contributed by atoms with E-state index >= 15 is 0 Å². The maximum Gasteiger partial charge on any atom is 0.242 e. The quantitative estimate of drug-likeness (QED) is 0.675. The molecule has 0 saturated heterocycles. The van der Waals surface area contributed by atoms with E-state index in [1.165, 1.54) is 19.2 Å². The summed E-state index contributed by atoms with van der Waals surface area (Å²) in [6.07, 6.45) is 5.20. The summed E-state index contributed by atoms with van der Waals surface area (Å²) in [5.74, 6) is 1.85. The van der Waals surface area contributed by atoms with Crippen molar-refractivity contribution in [2.24, 2.45) is 5.73 Å². The number of sulfonamides is 1. The highest BCUT2D eigenvalue weighted by atomic mass is 32.2. The Morgan fingerprint density at radius 1 is 1.50 bits per heavy atom. The molecule has 0 aliphatic rings. The Kier molecular flexibility index (Phi) is 5.27. The molecule has 1 unspecified atom stereocenters. The number of benzene rings is 1. The van der Waals surface area contributed by atoms with E-state index in [2.05, 4.69) is 16.0 Å². The van der Waals surface area contributed by atoms with Crippen LogP contribution < -0.4 is 15.8 Å². The number of rotatable bonds is 5. The Hall–Kier alpha value is -1.88. The molecule has 6 nitrogen and oxygen atoms in total. The number of hydrogen-bond acceptors (Lipinski definition) is 4. The van der Waals surface area contributed by atoms with Crippen molar-refractivity contribution >= 4 is 21.6 Å². The molecule has 4 N–H and O–H groups in total. The van der Waals surface area contributed by atoms with Gasteiger partial charge in [0.1, 0.15) is 0 Å². The van der Waals surface area contributed by atoms with Crippen molar-refractivity contribution < 1.29 is 13.2 Å². The van der Waals surface area contributed by atoms with E-state index in [-0.39, 0.29) is 11.3 Å². The minimum absolute atomic E-state index is 0.0615. The van der Waals surface area contributed by atoms with Crippen molar-refractivity contribution in [3.63, 3.8) is 0 Å². The summed E-state index contributed by atoms with van der Waals surface area (Å²) in [4.78, 5) is 11.8. The molecule has 0 bridgehead atoms. The Morgan fingerprint density at radius 2 is 2.15 bits per heavy atom. The third-order valence-electron chi connectivity index (χ3n) is 2.72. The van der Waals surface area contributed by atoms with Gasteiger partial charge in [0.05, 0.1) is 10.9 Å². The first kappa shape index (κ1) is 16.2. The van der Waals surface area contributed by atoms with E-state index < -0.39 is 22.0 Å². The molecular formula is C13H17N3O3S. The fourth-order valence-electron chi connectivity index (χ4n) is 1.47. The highest BCUT2D eigenvalue weighted by Gasteiger charge is 2.16. The Labute approximate surface area is 118 Å². The monoisotopic (exact) mass is 295 g/mol. The molecule has 0 aromatic heterocycles. The maximum absolute atomic E-state index is 11.8. The molecule has 1 aromatic carbocycles. The molecule has 0 radical (unpaired) electrons. The molecule has 0 fully saturated rings. The van der Waals surface area contributed by atoms with E-state index in [0.29, 0.717) is 5.69 Å². The van der Waals surface area contributed by atoms with Gasteiger partial charge in [0.25, 0.3) is 0 Å². The lowest BCUT2D eigenvalue weighted by molar-refractivity contribution is -0.117. The normalized spacial score (nSPS) is 12.5. The Balaban J connectivity index is 3.05. The third kappa shape index (κ3) is 3.81.